The van der Waals surface area contributed by atoms with Crippen LogP contribution in [-0.4, -0.2) is 31.7 Å². The van der Waals surface area contributed by atoms with E-state index in [2.05, 4.69) is 10.6 Å². The van der Waals surface area contributed by atoms with Crippen LogP contribution in [0.5, 0.6) is 11.5 Å². The molecule has 1 amide bonds. The Labute approximate surface area is 145 Å². The zero-order valence-corrected chi connectivity index (χ0v) is 13.9. The molecule has 1 aliphatic heterocycles. The van der Waals surface area contributed by atoms with Crippen LogP contribution in [0, 0.1) is 0 Å². The first-order chi connectivity index (χ1) is 11.7. The smallest absolute Gasteiger partial charge is 0.226 e. The van der Waals surface area contributed by atoms with Gasteiger partial charge in [0.2, 0.25) is 5.91 Å². The third kappa shape index (κ3) is 4.71. The number of carbonyl (C=O) groups is 1. The van der Waals surface area contributed by atoms with E-state index in [9.17, 15) is 4.79 Å². The van der Waals surface area contributed by atoms with E-state index in [1.165, 1.54) is 0 Å². The molecule has 1 saturated heterocycles. The SMILES string of the molecule is O=C(CC1COCCN1)Nc1ccc(Oc2ccccc2Cl)cc1. The Kier molecular flexibility index (Phi) is 5.69. The van der Waals surface area contributed by atoms with Gasteiger partial charge in [-0.25, -0.2) is 0 Å². The average molecular weight is 347 g/mol. The van der Waals surface area contributed by atoms with E-state index in [1.807, 2.05) is 12.1 Å². The van der Waals surface area contributed by atoms with Crippen LogP contribution in [0.2, 0.25) is 5.02 Å². The number of ether oxygens (including phenoxy) is 2. The number of carbonyl (C=O) groups excluding carboxylic acids is 1. The summed E-state index contributed by atoms with van der Waals surface area (Å²) in [5.74, 6) is 1.21. The summed E-state index contributed by atoms with van der Waals surface area (Å²) in [7, 11) is 0. The molecule has 0 bridgehead atoms. The van der Waals surface area contributed by atoms with E-state index < -0.39 is 0 Å². The molecular formula is C18H19ClN2O3. The number of hydrogen-bond acceptors (Lipinski definition) is 4. The van der Waals surface area contributed by atoms with Crippen molar-refractivity contribution in [2.24, 2.45) is 0 Å². The number of para-hydroxylation sites is 1. The van der Waals surface area contributed by atoms with Crippen LogP contribution < -0.4 is 15.4 Å². The summed E-state index contributed by atoms with van der Waals surface area (Å²) in [5.41, 5.74) is 0.725. The second-order valence-corrected chi connectivity index (χ2v) is 5.94. The summed E-state index contributed by atoms with van der Waals surface area (Å²) in [4.78, 5) is 12.0. The maximum atomic E-state index is 12.0. The third-order valence-corrected chi connectivity index (χ3v) is 3.95. The molecule has 24 heavy (non-hydrogen) atoms. The molecule has 1 fully saturated rings. The third-order valence-electron chi connectivity index (χ3n) is 3.63. The molecule has 2 N–H and O–H groups in total. The predicted octanol–water partition coefficient (Wildman–Crippen LogP) is 3.45. The normalized spacial score (nSPS) is 17.3. The van der Waals surface area contributed by atoms with E-state index >= 15 is 0 Å². The van der Waals surface area contributed by atoms with Crippen molar-refractivity contribution in [2.75, 3.05) is 25.1 Å². The highest BCUT2D eigenvalue weighted by Crippen LogP contribution is 2.29. The van der Waals surface area contributed by atoms with Gasteiger partial charge in [0, 0.05) is 24.7 Å². The molecule has 0 saturated carbocycles. The lowest BCUT2D eigenvalue weighted by Crippen LogP contribution is -2.43. The highest BCUT2D eigenvalue weighted by Gasteiger charge is 2.16. The van der Waals surface area contributed by atoms with Crippen LogP contribution >= 0.6 is 11.6 Å². The maximum Gasteiger partial charge on any atom is 0.226 e. The number of amides is 1. The van der Waals surface area contributed by atoms with Gasteiger partial charge >= 0.3 is 0 Å². The first kappa shape index (κ1) is 16.8. The number of hydrogen-bond donors (Lipinski definition) is 2. The Hall–Kier alpha value is -2.08. The number of halogens is 1. The summed E-state index contributed by atoms with van der Waals surface area (Å²) >= 11 is 6.07. The molecule has 1 aliphatic rings. The summed E-state index contributed by atoms with van der Waals surface area (Å²) in [6, 6.07) is 14.5. The molecule has 126 valence electrons. The summed E-state index contributed by atoms with van der Waals surface area (Å²) in [6.07, 6.45) is 0.387. The van der Waals surface area contributed by atoms with Gasteiger partial charge in [-0.3, -0.25) is 4.79 Å². The van der Waals surface area contributed by atoms with Crippen molar-refractivity contribution in [3.05, 3.63) is 53.6 Å². The lowest BCUT2D eigenvalue weighted by molar-refractivity contribution is -0.117. The number of nitrogens with one attached hydrogen (secondary N) is 2. The minimum Gasteiger partial charge on any atom is -0.456 e. The minimum absolute atomic E-state index is 0.0437. The van der Waals surface area contributed by atoms with Crippen LogP contribution in [0.25, 0.3) is 0 Å². The van der Waals surface area contributed by atoms with Gasteiger partial charge in [0.1, 0.15) is 11.5 Å². The fourth-order valence-electron chi connectivity index (χ4n) is 2.45. The van der Waals surface area contributed by atoms with Crippen LogP contribution in [0.4, 0.5) is 5.69 Å². The summed E-state index contributed by atoms with van der Waals surface area (Å²) in [5, 5.41) is 6.69. The van der Waals surface area contributed by atoms with Gasteiger partial charge in [-0.05, 0) is 36.4 Å². The number of anilines is 1. The van der Waals surface area contributed by atoms with Gasteiger partial charge in [-0.1, -0.05) is 23.7 Å². The largest absolute Gasteiger partial charge is 0.456 e. The second-order valence-electron chi connectivity index (χ2n) is 5.54. The zero-order valence-electron chi connectivity index (χ0n) is 13.1. The van der Waals surface area contributed by atoms with Crippen molar-refractivity contribution >= 4 is 23.2 Å². The van der Waals surface area contributed by atoms with Crippen molar-refractivity contribution in [2.45, 2.75) is 12.5 Å². The van der Waals surface area contributed by atoms with E-state index in [4.69, 9.17) is 21.1 Å². The Balaban J connectivity index is 1.54. The molecular weight excluding hydrogens is 328 g/mol. The van der Waals surface area contributed by atoms with Crippen molar-refractivity contribution in [1.29, 1.82) is 0 Å². The Morgan fingerprint density at radius 1 is 1.25 bits per heavy atom. The van der Waals surface area contributed by atoms with Crippen molar-refractivity contribution in [3.63, 3.8) is 0 Å². The van der Waals surface area contributed by atoms with Crippen LogP contribution in [0.1, 0.15) is 6.42 Å². The average Bonchev–Trinajstić information content (AvgIpc) is 2.59. The number of morpholine rings is 1. The fourth-order valence-corrected chi connectivity index (χ4v) is 2.62. The van der Waals surface area contributed by atoms with Crippen molar-refractivity contribution < 1.29 is 14.3 Å². The van der Waals surface area contributed by atoms with Gasteiger partial charge in [-0.15, -0.1) is 0 Å². The molecule has 1 atom stereocenters. The van der Waals surface area contributed by atoms with Crippen LogP contribution in [-0.2, 0) is 9.53 Å². The Morgan fingerprint density at radius 3 is 2.75 bits per heavy atom. The highest BCUT2D eigenvalue weighted by molar-refractivity contribution is 6.32. The van der Waals surface area contributed by atoms with E-state index in [-0.39, 0.29) is 11.9 Å². The van der Waals surface area contributed by atoms with Crippen molar-refractivity contribution in [3.8, 4) is 11.5 Å². The van der Waals surface area contributed by atoms with E-state index in [0.717, 1.165) is 12.2 Å². The molecule has 1 unspecified atom stereocenters. The monoisotopic (exact) mass is 346 g/mol. The summed E-state index contributed by atoms with van der Waals surface area (Å²) < 4.78 is 11.1. The topological polar surface area (TPSA) is 59.6 Å². The number of benzene rings is 2. The molecule has 0 aliphatic carbocycles. The van der Waals surface area contributed by atoms with Crippen LogP contribution in [0.3, 0.4) is 0 Å². The molecule has 6 heteroatoms. The van der Waals surface area contributed by atoms with E-state index in [1.54, 1.807) is 36.4 Å². The quantitative estimate of drug-likeness (QED) is 0.870. The van der Waals surface area contributed by atoms with Crippen LogP contribution in [0.15, 0.2) is 48.5 Å². The van der Waals surface area contributed by atoms with Gasteiger partial charge in [0.05, 0.1) is 18.2 Å². The van der Waals surface area contributed by atoms with Gasteiger partial charge in [0.15, 0.2) is 0 Å². The van der Waals surface area contributed by atoms with Gasteiger partial charge in [-0.2, -0.15) is 0 Å². The van der Waals surface area contributed by atoms with Gasteiger partial charge in [0.25, 0.3) is 0 Å². The molecule has 1 heterocycles. The highest BCUT2D eigenvalue weighted by atomic mass is 35.5. The standard InChI is InChI=1S/C18H19ClN2O3/c19-16-3-1-2-4-17(16)24-15-7-5-13(6-8-15)21-18(22)11-14-12-23-10-9-20-14/h1-8,14,20H,9-12H2,(H,21,22). The molecule has 2 aromatic rings. The van der Waals surface area contributed by atoms with E-state index in [0.29, 0.717) is 36.2 Å². The molecule has 0 spiro atoms. The first-order valence-corrected chi connectivity index (χ1v) is 8.22. The molecule has 3 rings (SSSR count). The molecule has 0 aromatic heterocycles. The molecule has 0 radical (unpaired) electrons. The minimum atomic E-state index is -0.0437. The predicted molar refractivity (Wildman–Crippen MR) is 93.8 cm³/mol. The van der Waals surface area contributed by atoms with Gasteiger partial charge < -0.3 is 20.1 Å². The zero-order chi connectivity index (χ0) is 16.8. The maximum absolute atomic E-state index is 12.0. The first-order valence-electron chi connectivity index (χ1n) is 7.84. The Morgan fingerprint density at radius 2 is 2.04 bits per heavy atom. The molecule has 2 aromatic carbocycles. The fraction of sp³-hybridized carbons (Fsp3) is 0.278. The number of rotatable bonds is 5. The van der Waals surface area contributed by atoms with Crippen molar-refractivity contribution in [1.82, 2.24) is 5.32 Å². The lowest BCUT2D eigenvalue weighted by Gasteiger charge is -2.23. The molecule has 5 nitrogen and oxygen atoms in total. The summed E-state index contributed by atoms with van der Waals surface area (Å²) in [6.45, 7) is 2.05. The Bertz CT molecular complexity index is 685. The lowest BCUT2D eigenvalue weighted by atomic mass is 10.2. The second kappa shape index (κ2) is 8.15.